The van der Waals surface area contributed by atoms with Gasteiger partial charge < -0.3 is 21.9 Å². The molecule has 0 amide bonds. The number of nitrogens with two attached hydrogens (primary N) is 3. The Morgan fingerprint density at radius 1 is 0.929 bits per heavy atom. The molecule has 0 saturated carbocycles. The second-order valence-electron chi connectivity index (χ2n) is 5.45. The van der Waals surface area contributed by atoms with Crippen molar-refractivity contribution in [1.82, 2.24) is 0 Å². The molecule has 10 nitrogen and oxygen atoms in total. The van der Waals surface area contributed by atoms with E-state index < -0.39 is 20.2 Å². The summed E-state index contributed by atoms with van der Waals surface area (Å²) >= 11 is 5.49. The van der Waals surface area contributed by atoms with Gasteiger partial charge in [-0.3, -0.25) is 9.11 Å². The highest BCUT2D eigenvalue weighted by molar-refractivity contribution is 7.86. The van der Waals surface area contributed by atoms with E-state index in [0.717, 1.165) is 6.07 Å². The van der Waals surface area contributed by atoms with Gasteiger partial charge in [0.25, 0.3) is 20.2 Å². The van der Waals surface area contributed by atoms with Gasteiger partial charge in [0.05, 0.1) is 23.1 Å². The van der Waals surface area contributed by atoms with Crippen LogP contribution >= 0.6 is 11.6 Å². The summed E-state index contributed by atoms with van der Waals surface area (Å²) < 4.78 is 64.4. The van der Waals surface area contributed by atoms with Crippen molar-refractivity contribution >= 4 is 48.9 Å². The van der Waals surface area contributed by atoms with Gasteiger partial charge in [-0.1, -0.05) is 11.6 Å². The quantitative estimate of drug-likeness (QED) is 0.243. The first kappa shape index (κ1) is 23.8. The van der Waals surface area contributed by atoms with E-state index in [0.29, 0.717) is 17.1 Å². The Balaban J connectivity index is 0.000000292. The van der Waals surface area contributed by atoms with Gasteiger partial charge in [0, 0.05) is 17.4 Å². The molecule has 2 aromatic carbocycles. The lowest BCUT2D eigenvalue weighted by molar-refractivity contribution is 0.318. The smallest absolute Gasteiger partial charge is 0.296 e. The maximum atomic E-state index is 10.6. The molecule has 8 N–H and O–H groups in total. The third-order valence-electron chi connectivity index (χ3n) is 3.07. The molecule has 0 aliphatic rings. The number of nitrogen functional groups attached to an aromatic ring is 3. The molecule has 0 saturated heterocycles. The van der Waals surface area contributed by atoms with Crippen molar-refractivity contribution in [3.05, 3.63) is 41.4 Å². The average molecular weight is 454 g/mol. The van der Waals surface area contributed by atoms with Gasteiger partial charge in [-0.05, 0) is 36.8 Å². The topological polar surface area (TPSA) is 196 Å². The molecule has 0 atom stereocenters. The number of anilines is 3. The summed E-state index contributed by atoms with van der Waals surface area (Å²) in [5.41, 5.74) is 17.6. The minimum atomic E-state index is -4.27. The molecule has 0 aromatic heterocycles. The molecule has 0 aliphatic carbocycles. The van der Waals surface area contributed by atoms with Crippen LogP contribution in [0.15, 0.2) is 41.3 Å². The Hall–Kier alpha value is -2.25. The first-order valence-corrected chi connectivity index (χ1v) is 11.0. The van der Waals surface area contributed by atoms with Gasteiger partial charge in [-0.2, -0.15) is 16.8 Å². The largest absolute Gasteiger partial charge is 0.491 e. The van der Waals surface area contributed by atoms with E-state index in [2.05, 4.69) is 0 Å². The van der Waals surface area contributed by atoms with Crippen LogP contribution in [0.5, 0.6) is 5.75 Å². The number of rotatable bonds is 6. The zero-order chi connectivity index (χ0) is 21.5. The summed E-state index contributed by atoms with van der Waals surface area (Å²) in [6, 6.07) is 8.64. The Kier molecular flexibility index (Phi) is 8.32. The fraction of sp³-hybridized carbons (Fsp3) is 0.200. The third-order valence-corrected chi connectivity index (χ3v) is 5.21. The molecule has 0 aliphatic heterocycles. The monoisotopic (exact) mass is 453 g/mol. The summed E-state index contributed by atoms with van der Waals surface area (Å²) in [6.07, 6.45) is 0.188. The summed E-state index contributed by atoms with van der Waals surface area (Å²) in [5.74, 6) is 0.0743. The van der Waals surface area contributed by atoms with Crippen molar-refractivity contribution < 1.29 is 30.7 Å². The second-order valence-corrected chi connectivity index (χ2v) is 8.82. The summed E-state index contributed by atoms with van der Waals surface area (Å²) in [4.78, 5) is -0.371. The molecule has 0 unspecified atom stereocenters. The third kappa shape index (κ3) is 8.63. The minimum Gasteiger partial charge on any atom is -0.491 e. The van der Waals surface area contributed by atoms with E-state index in [-0.39, 0.29) is 34.4 Å². The molecular formula is C15H20ClN3O7S2. The molecular weight excluding hydrogens is 434 g/mol. The fourth-order valence-corrected chi connectivity index (χ4v) is 3.31. The van der Waals surface area contributed by atoms with Crippen molar-refractivity contribution in [2.24, 2.45) is 0 Å². The van der Waals surface area contributed by atoms with E-state index >= 15 is 0 Å². The zero-order valence-electron chi connectivity index (χ0n) is 14.4. The minimum absolute atomic E-state index is 0.0494. The van der Waals surface area contributed by atoms with Gasteiger partial charge in [-0.15, -0.1) is 0 Å². The van der Waals surface area contributed by atoms with Crippen LogP contribution in [0.3, 0.4) is 0 Å². The maximum absolute atomic E-state index is 10.6. The van der Waals surface area contributed by atoms with Gasteiger partial charge in [0.15, 0.2) is 0 Å². The van der Waals surface area contributed by atoms with Crippen LogP contribution < -0.4 is 21.9 Å². The van der Waals surface area contributed by atoms with Gasteiger partial charge in [-0.25, -0.2) is 0 Å². The molecule has 0 spiro atoms. The second kappa shape index (κ2) is 9.80. The molecule has 156 valence electrons. The van der Waals surface area contributed by atoms with Crippen LogP contribution in [0.2, 0.25) is 5.02 Å². The SMILES string of the molecule is Nc1ccc(Cl)c(S(=O)(=O)O)c1.Nc1ccc(N)c(OCCCS(=O)(=O)O)c1. The van der Waals surface area contributed by atoms with Gasteiger partial charge in [0.1, 0.15) is 10.6 Å². The van der Waals surface area contributed by atoms with Crippen molar-refractivity contribution in [3.8, 4) is 5.75 Å². The van der Waals surface area contributed by atoms with Crippen molar-refractivity contribution in [2.75, 3.05) is 29.6 Å². The molecule has 0 radical (unpaired) electrons. The van der Waals surface area contributed by atoms with E-state index in [9.17, 15) is 16.8 Å². The molecule has 28 heavy (non-hydrogen) atoms. The van der Waals surface area contributed by atoms with Gasteiger partial charge >= 0.3 is 0 Å². The Morgan fingerprint density at radius 3 is 2.04 bits per heavy atom. The summed E-state index contributed by atoms with van der Waals surface area (Å²) in [7, 11) is -8.20. The summed E-state index contributed by atoms with van der Waals surface area (Å²) in [6.45, 7) is 0.146. The first-order chi connectivity index (χ1) is 12.8. The highest BCUT2D eigenvalue weighted by atomic mass is 35.5. The Morgan fingerprint density at radius 2 is 1.50 bits per heavy atom. The molecule has 2 aromatic rings. The highest BCUT2D eigenvalue weighted by Crippen LogP contribution is 2.24. The number of hydrogen-bond donors (Lipinski definition) is 5. The van der Waals surface area contributed by atoms with E-state index in [4.69, 9.17) is 42.6 Å². The standard InChI is InChI=1S/C9H14N2O4S.C6H6ClNO3S/c10-7-2-3-8(11)9(6-7)15-4-1-5-16(12,13)14;7-5-2-1-4(8)3-6(5)12(9,10)11/h2-3,6H,1,4-5,10-11H2,(H,12,13,14);1-3H,8H2,(H,9,10,11). The Labute approximate surface area is 167 Å². The number of benzene rings is 2. The lowest BCUT2D eigenvalue weighted by Gasteiger charge is -2.08. The molecule has 13 heteroatoms. The van der Waals surface area contributed by atoms with Crippen molar-refractivity contribution in [2.45, 2.75) is 11.3 Å². The fourth-order valence-electron chi connectivity index (χ4n) is 1.82. The molecule has 2 rings (SSSR count). The van der Waals surface area contributed by atoms with Crippen LogP contribution in [-0.4, -0.2) is 38.3 Å². The highest BCUT2D eigenvalue weighted by Gasteiger charge is 2.13. The van der Waals surface area contributed by atoms with Crippen LogP contribution in [-0.2, 0) is 20.2 Å². The maximum Gasteiger partial charge on any atom is 0.296 e. The van der Waals surface area contributed by atoms with Crippen LogP contribution in [0.25, 0.3) is 0 Å². The van der Waals surface area contributed by atoms with Crippen LogP contribution in [0, 0.1) is 0 Å². The number of ether oxygens (including phenoxy) is 1. The Bertz CT molecular complexity index is 1030. The van der Waals surface area contributed by atoms with Crippen LogP contribution in [0.4, 0.5) is 17.1 Å². The zero-order valence-corrected chi connectivity index (χ0v) is 16.8. The lowest BCUT2D eigenvalue weighted by atomic mass is 10.2. The molecule has 0 heterocycles. The average Bonchev–Trinajstić information content (AvgIpc) is 2.55. The number of hydrogen-bond acceptors (Lipinski definition) is 8. The lowest BCUT2D eigenvalue weighted by Crippen LogP contribution is -2.09. The number of halogens is 1. The van der Waals surface area contributed by atoms with Crippen molar-refractivity contribution in [1.29, 1.82) is 0 Å². The van der Waals surface area contributed by atoms with Crippen LogP contribution in [0.1, 0.15) is 6.42 Å². The summed E-state index contributed by atoms with van der Waals surface area (Å²) in [5, 5.41) is -0.0494. The molecule has 0 fully saturated rings. The van der Waals surface area contributed by atoms with Gasteiger partial charge in [0.2, 0.25) is 0 Å². The predicted octanol–water partition coefficient (Wildman–Crippen LogP) is 1.68. The predicted molar refractivity (Wildman–Crippen MR) is 107 cm³/mol. The molecule has 0 bridgehead atoms. The van der Waals surface area contributed by atoms with E-state index in [1.807, 2.05) is 0 Å². The first-order valence-electron chi connectivity index (χ1n) is 7.55. The van der Waals surface area contributed by atoms with Crippen molar-refractivity contribution in [3.63, 3.8) is 0 Å². The normalized spacial score (nSPS) is 11.4. The van der Waals surface area contributed by atoms with E-state index in [1.165, 1.54) is 12.1 Å². The van der Waals surface area contributed by atoms with E-state index in [1.54, 1.807) is 18.2 Å².